The SMILES string of the molecule is CC[NH+](C(C)C)C(C)C.Cc1cc(C)cc(NC(=O)Nc2cccc(S(=O)(=O)[O-])c2)c1. The number of hydrogen-bond donors (Lipinski definition) is 3. The first kappa shape index (κ1) is 26.6. The number of rotatable bonds is 6. The predicted molar refractivity (Wildman–Crippen MR) is 125 cm³/mol. The molecule has 0 atom stereocenters. The maximum Gasteiger partial charge on any atom is 0.323 e. The second-order valence-electron chi connectivity index (χ2n) is 8.18. The summed E-state index contributed by atoms with van der Waals surface area (Å²) in [6, 6.07) is 11.8. The molecule has 0 radical (unpaired) electrons. The van der Waals surface area contributed by atoms with Crippen LogP contribution in [0.4, 0.5) is 16.2 Å². The van der Waals surface area contributed by atoms with E-state index in [0.717, 1.165) is 29.3 Å². The lowest BCUT2D eigenvalue weighted by molar-refractivity contribution is -0.940. The number of aryl methyl sites for hydroxylation is 2. The lowest BCUT2D eigenvalue weighted by Gasteiger charge is -2.25. The summed E-state index contributed by atoms with van der Waals surface area (Å²) in [5, 5.41) is 5.14. The Bertz CT molecular complexity index is 944. The summed E-state index contributed by atoms with van der Waals surface area (Å²) in [5.74, 6) is 0. The molecule has 0 fully saturated rings. The maximum absolute atomic E-state index is 11.9. The minimum atomic E-state index is -4.55. The number of nitrogens with one attached hydrogen (secondary N) is 3. The van der Waals surface area contributed by atoms with Crippen LogP contribution in [0.15, 0.2) is 47.4 Å². The summed E-state index contributed by atoms with van der Waals surface area (Å²) in [7, 11) is -4.55. The molecule has 0 aromatic heterocycles. The van der Waals surface area contributed by atoms with Crippen LogP contribution in [-0.2, 0) is 10.1 Å². The lowest BCUT2D eigenvalue weighted by atomic mass is 10.1. The fourth-order valence-corrected chi connectivity index (χ4v) is 4.07. The third-order valence-corrected chi connectivity index (χ3v) is 5.58. The largest absolute Gasteiger partial charge is 0.744 e. The molecule has 2 aromatic carbocycles. The van der Waals surface area contributed by atoms with Crippen molar-refractivity contribution >= 4 is 27.5 Å². The highest BCUT2D eigenvalue weighted by atomic mass is 32.2. The van der Waals surface area contributed by atoms with Crippen LogP contribution in [0.25, 0.3) is 0 Å². The van der Waals surface area contributed by atoms with Gasteiger partial charge in [0.05, 0.1) is 23.5 Å². The van der Waals surface area contributed by atoms with Crippen molar-refractivity contribution in [1.82, 2.24) is 0 Å². The number of hydrogen-bond acceptors (Lipinski definition) is 4. The molecule has 0 unspecified atom stereocenters. The van der Waals surface area contributed by atoms with E-state index in [4.69, 9.17) is 0 Å². The average molecular weight is 450 g/mol. The molecule has 0 aliphatic rings. The van der Waals surface area contributed by atoms with Gasteiger partial charge >= 0.3 is 6.03 Å². The van der Waals surface area contributed by atoms with Crippen LogP contribution in [0.2, 0.25) is 0 Å². The quantitative estimate of drug-likeness (QED) is 0.587. The fraction of sp³-hybridized carbons (Fsp3) is 0.435. The van der Waals surface area contributed by atoms with Gasteiger partial charge in [-0.3, -0.25) is 0 Å². The molecule has 0 saturated heterocycles. The van der Waals surface area contributed by atoms with Gasteiger partial charge in [0, 0.05) is 11.4 Å². The van der Waals surface area contributed by atoms with E-state index in [1.165, 1.54) is 24.7 Å². The molecule has 172 valence electrons. The zero-order valence-electron chi connectivity index (χ0n) is 19.4. The molecule has 0 saturated carbocycles. The number of anilines is 2. The summed E-state index contributed by atoms with van der Waals surface area (Å²) in [5.41, 5.74) is 2.87. The van der Waals surface area contributed by atoms with E-state index in [1.807, 2.05) is 32.0 Å². The predicted octanol–water partition coefficient (Wildman–Crippen LogP) is 3.56. The minimum Gasteiger partial charge on any atom is -0.744 e. The maximum atomic E-state index is 11.9. The van der Waals surface area contributed by atoms with Crippen molar-refractivity contribution in [3.8, 4) is 0 Å². The number of carbonyl (C=O) groups excluding carboxylic acids is 1. The van der Waals surface area contributed by atoms with E-state index < -0.39 is 21.0 Å². The third kappa shape index (κ3) is 9.50. The van der Waals surface area contributed by atoms with Crippen LogP contribution in [0.1, 0.15) is 45.7 Å². The normalized spacial score (nSPS) is 11.3. The van der Waals surface area contributed by atoms with Crippen molar-refractivity contribution in [3.05, 3.63) is 53.6 Å². The summed E-state index contributed by atoms with van der Waals surface area (Å²) in [6.45, 7) is 16.4. The van der Waals surface area contributed by atoms with Crippen molar-refractivity contribution in [3.63, 3.8) is 0 Å². The van der Waals surface area contributed by atoms with Gasteiger partial charge in [0.1, 0.15) is 10.1 Å². The highest BCUT2D eigenvalue weighted by molar-refractivity contribution is 7.85. The highest BCUT2D eigenvalue weighted by Crippen LogP contribution is 2.17. The Morgan fingerprint density at radius 1 is 0.935 bits per heavy atom. The molecule has 0 bridgehead atoms. The summed E-state index contributed by atoms with van der Waals surface area (Å²) in [4.78, 5) is 13.2. The zero-order valence-corrected chi connectivity index (χ0v) is 20.3. The van der Waals surface area contributed by atoms with E-state index in [2.05, 4.69) is 45.3 Å². The van der Waals surface area contributed by atoms with Gasteiger partial charge in [-0.25, -0.2) is 13.2 Å². The third-order valence-electron chi connectivity index (χ3n) is 4.75. The van der Waals surface area contributed by atoms with Crippen molar-refractivity contribution < 1.29 is 22.7 Å². The Morgan fingerprint density at radius 3 is 1.87 bits per heavy atom. The van der Waals surface area contributed by atoms with Gasteiger partial charge in [-0.15, -0.1) is 0 Å². The van der Waals surface area contributed by atoms with Crippen LogP contribution < -0.4 is 15.5 Å². The van der Waals surface area contributed by atoms with Crippen LogP contribution in [0.5, 0.6) is 0 Å². The Labute approximate surface area is 186 Å². The molecule has 0 aliphatic carbocycles. The first-order valence-corrected chi connectivity index (χ1v) is 11.8. The Morgan fingerprint density at radius 2 is 1.45 bits per heavy atom. The topological polar surface area (TPSA) is 103 Å². The van der Waals surface area contributed by atoms with E-state index >= 15 is 0 Å². The standard InChI is InChI=1S/C15H16N2O4S.C8H19N/c1-10-6-11(2)8-13(7-10)17-15(18)16-12-4-3-5-14(9-12)22(19,20)21;1-6-9(7(2)3)8(4)5/h3-9H,1-2H3,(H2,16,17,18)(H,19,20,21);7-8H,6H2,1-5H3. The minimum absolute atomic E-state index is 0.221. The average Bonchev–Trinajstić information content (AvgIpc) is 2.60. The molecule has 7 nitrogen and oxygen atoms in total. The van der Waals surface area contributed by atoms with Crippen molar-refractivity contribution in [2.75, 3.05) is 17.2 Å². The van der Waals surface area contributed by atoms with Crippen molar-refractivity contribution in [1.29, 1.82) is 0 Å². The van der Waals surface area contributed by atoms with Crippen LogP contribution in [0, 0.1) is 13.8 Å². The molecule has 3 N–H and O–H groups in total. The van der Waals surface area contributed by atoms with Gasteiger partial charge in [0.2, 0.25) is 0 Å². The molecule has 2 rings (SSSR count). The Kier molecular flexibility index (Phi) is 10.2. The zero-order chi connectivity index (χ0) is 23.8. The Hall–Kier alpha value is -2.42. The van der Waals surface area contributed by atoms with Gasteiger partial charge in [-0.1, -0.05) is 12.1 Å². The van der Waals surface area contributed by atoms with E-state index in [1.54, 1.807) is 4.90 Å². The Balaban J connectivity index is 0.000000452. The van der Waals surface area contributed by atoms with Crippen molar-refractivity contribution in [2.24, 2.45) is 0 Å². The van der Waals surface area contributed by atoms with Gasteiger partial charge in [0.15, 0.2) is 0 Å². The molecule has 2 aromatic rings. The number of carbonyl (C=O) groups is 1. The smallest absolute Gasteiger partial charge is 0.323 e. The number of benzene rings is 2. The van der Waals surface area contributed by atoms with Gasteiger partial charge in [0.25, 0.3) is 0 Å². The first-order chi connectivity index (χ1) is 14.3. The second-order valence-corrected chi connectivity index (χ2v) is 9.55. The van der Waals surface area contributed by atoms with Crippen LogP contribution in [0.3, 0.4) is 0 Å². The number of urea groups is 1. The molecular weight excluding hydrogens is 414 g/mol. The summed E-state index contributed by atoms with van der Waals surface area (Å²) >= 11 is 0. The first-order valence-electron chi connectivity index (χ1n) is 10.4. The number of amides is 2. The molecule has 2 amide bonds. The summed E-state index contributed by atoms with van der Waals surface area (Å²) < 4.78 is 32.9. The molecule has 0 spiro atoms. The molecular formula is C23H35N3O4S. The molecule has 0 heterocycles. The van der Waals surface area contributed by atoms with Gasteiger partial charge < -0.3 is 20.1 Å². The fourth-order valence-electron chi connectivity index (χ4n) is 3.55. The number of quaternary nitrogens is 1. The molecule has 31 heavy (non-hydrogen) atoms. The van der Waals surface area contributed by atoms with Gasteiger partial charge in [-0.2, -0.15) is 0 Å². The van der Waals surface area contributed by atoms with Crippen LogP contribution in [-0.4, -0.2) is 37.6 Å². The van der Waals surface area contributed by atoms with Crippen LogP contribution >= 0.6 is 0 Å². The molecule has 8 heteroatoms. The monoisotopic (exact) mass is 449 g/mol. The summed E-state index contributed by atoms with van der Waals surface area (Å²) in [6.07, 6.45) is 0. The van der Waals surface area contributed by atoms with Gasteiger partial charge in [-0.05, 0) is 89.9 Å². The van der Waals surface area contributed by atoms with E-state index in [0.29, 0.717) is 5.69 Å². The van der Waals surface area contributed by atoms with E-state index in [9.17, 15) is 17.8 Å². The molecule has 0 aliphatic heterocycles. The highest BCUT2D eigenvalue weighted by Gasteiger charge is 2.13. The van der Waals surface area contributed by atoms with Crippen molar-refractivity contribution in [2.45, 2.75) is 65.4 Å². The van der Waals surface area contributed by atoms with E-state index in [-0.39, 0.29) is 5.69 Å². The second kappa shape index (κ2) is 11.8. The lowest BCUT2D eigenvalue weighted by Crippen LogP contribution is -3.17.